The van der Waals surface area contributed by atoms with E-state index in [9.17, 15) is 19.8 Å². The van der Waals surface area contributed by atoms with E-state index in [0.717, 1.165) is 11.1 Å². The summed E-state index contributed by atoms with van der Waals surface area (Å²) < 4.78 is 1.36. The van der Waals surface area contributed by atoms with Gasteiger partial charge in [-0.05, 0) is 50.4 Å². The molecule has 1 atom stereocenters. The van der Waals surface area contributed by atoms with Crippen LogP contribution in [0.4, 0.5) is 0 Å². The van der Waals surface area contributed by atoms with Crippen molar-refractivity contribution in [2.45, 2.75) is 38.3 Å². The summed E-state index contributed by atoms with van der Waals surface area (Å²) in [6.07, 6.45) is 5.24. The van der Waals surface area contributed by atoms with Crippen LogP contribution in [0.1, 0.15) is 34.5 Å². The second-order valence-electron chi connectivity index (χ2n) is 7.81. The Labute approximate surface area is 168 Å². The molecular weight excluding hydrogens is 374 g/mol. The van der Waals surface area contributed by atoms with Crippen LogP contribution in [0.15, 0.2) is 18.5 Å². The lowest BCUT2D eigenvalue weighted by Gasteiger charge is -2.31. The normalized spacial score (nSPS) is 18.1. The van der Waals surface area contributed by atoms with Gasteiger partial charge in [-0.1, -0.05) is 0 Å². The topological polar surface area (TPSA) is 137 Å². The highest BCUT2D eigenvalue weighted by Gasteiger charge is 2.28. The van der Waals surface area contributed by atoms with Crippen LogP contribution < -0.4 is 10.8 Å². The summed E-state index contributed by atoms with van der Waals surface area (Å²) in [5, 5.41) is 26.9. The molecular formula is C20H24N5O4-. The third-order valence-electron chi connectivity index (χ3n) is 5.89. The average molecular weight is 398 g/mol. The number of pyridine rings is 1. The lowest BCUT2D eigenvalue weighted by molar-refractivity contribution is -0.256. The number of carbonyl (C=O) groups is 2. The van der Waals surface area contributed by atoms with Crippen LogP contribution in [-0.2, 0) is 24.2 Å². The number of aliphatic hydroxyl groups excluding tert-OH is 1. The Bertz CT molecular complexity index is 933. The first kappa shape index (κ1) is 19.5. The number of primary amides is 1. The van der Waals surface area contributed by atoms with Gasteiger partial charge in [0.2, 0.25) is 5.91 Å². The van der Waals surface area contributed by atoms with Crippen molar-refractivity contribution in [2.75, 3.05) is 19.6 Å². The number of aryl methyl sites for hydroxylation is 1. The van der Waals surface area contributed by atoms with Gasteiger partial charge in [-0.2, -0.15) is 5.10 Å². The number of aromatic carboxylic acids is 1. The third-order valence-corrected chi connectivity index (χ3v) is 5.89. The first-order chi connectivity index (χ1) is 13.9. The Hall–Kier alpha value is -2.78. The van der Waals surface area contributed by atoms with Crippen molar-refractivity contribution in [3.8, 4) is 11.3 Å². The summed E-state index contributed by atoms with van der Waals surface area (Å²) in [5.74, 6) is -1.67. The molecule has 3 heterocycles. The van der Waals surface area contributed by atoms with E-state index in [1.807, 2.05) is 6.07 Å². The SMILES string of the molecule is NC(=O)C1CCN(CC(O)Cn2nc3c(c2C(=O)[O-])CCc2cnccc2-3)CC1. The molecule has 1 saturated heterocycles. The van der Waals surface area contributed by atoms with Gasteiger partial charge in [0.15, 0.2) is 0 Å². The first-order valence-electron chi connectivity index (χ1n) is 9.88. The summed E-state index contributed by atoms with van der Waals surface area (Å²) in [6.45, 7) is 1.79. The molecule has 1 fully saturated rings. The number of piperidine rings is 1. The zero-order valence-corrected chi connectivity index (χ0v) is 16.1. The fraction of sp³-hybridized carbons (Fsp3) is 0.500. The van der Waals surface area contributed by atoms with Crippen molar-refractivity contribution in [1.82, 2.24) is 19.7 Å². The molecule has 1 unspecified atom stereocenters. The van der Waals surface area contributed by atoms with Gasteiger partial charge >= 0.3 is 0 Å². The van der Waals surface area contributed by atoms with E-state index in [2.05, 4.69) is 15.0 Å². The van der Waals surface area contributed by atoms with E-state index < -0.39 is 12.1 Å². The number of carboxylic acid groups (broad SMARTS) is 1. The molecule has 0 spiro atoms. The van der Waals surface area contributed by atoms with Crippen molar-refractivity contribution in [3.63, 3.8) is 0 Å². The number of likely N-dealkylation sites (tertiary alicyclic amines) is 1. The molecule has 1 aliphatic carbocycles. The van der Waals surface area contributed by atoms with E-state index >= 15 is 0 Å². The molecule has 9 heteroatoms. The number of hydrogen-bond acceptors (Lipinski definition) is 7. The Morgan fingerprint density at radius 1 is 1.28 bits per heavy atom. The van der Waals surface area contributed by atoms with Crippen molar-refractivity contribution in [2.24, 2.45) is 11.7 Å². The van der Waals surface area contributed by atoms with Crippen LogP contribution in [0.2, 0.25) is 0 Å². The lowest BCUT2D eigenvalue weighted by Crippen LogP contribution is -2.43. The molecule has 1 amide bonds. The average Bonchev–Trinajstić information content (AvgIpc) is 3.06. The predicted octanol–water partition coefficient (Wildman–Crippen LogP) is -1.03. The summed E-state index contributed by atoms with van der Waals surface area (Å²) in [7, 11) is 0. The van der Waals surface area contributed by atoms with Crippen LogP contribution in [0.3, 0.4) is 0 Å². The van der Waals surface area contributed by atoms with Gasteiger partial charge in [-0.3, -0.25) is 14.5 Å². The molecule has 0 aromatic carbocycles. The Balaban J connectivity index is 1.50. The monoisotopic (exact) mass is 398 g/mol. The Morgan fingerprint density at radius 2 is 2.03 bits per heavy atom. The minimum atomic E-state index is -1.29. The quantitative estimate of drug-likeness (QED) is 0.634. The second kappa shape index (κ2) is 7.92. The maximum absolute atomic E-state index is 11.8. The smallest absolute Gasteiger partial charge is 0.220 e. The van der Waals surface area contributed by atoms with Gasteiger partial charge in [0.1, 0.15) is 0 Å². The van der Waals surface area contributed by atoms with Crippen LogP contribution in [0, 0.1) is 5.92 Å². The molecule has 1 aliphatic heterocycles. The summed E-state index contributed by atoms with van der Waals surface area (Å²) in [4.78, 5) is 29.3. The van der Waals surface area contributed by atoms with Crippen molar-refractivity contribution in [3.05, 3.63) is 35.3 Å². The van der Waals surface area contributed by atoms with Gasteiger partial charge in [-0.15, -0.1) is 0 Å². The summed E-state index contributed by atoms with van der Waals surface area (Å²) >= 11 is 0. The highest BCUT2D eigenvalue weighted by molar-refractivity contribution is 5.89. The minimum absolute atomic E-state index is 0.0361. The molecule has 2 aromatic heterocycles. The number of aliphatic hydroxyl groups is 1. The molecule has 29 heavy (non-hydrogen) atoms. The maximum Gasteiger partial charge on any atom is 0.220 e. The number of nitrogens with zero attached hydrogens (tertiary/aromatic N) is 4. The Kier molecular flexibility index (Phi) is 5.33. The lowest BCUT2D eigenvalue weighted by atomic mass is 9.90. The Morgan fingerprint density at radius 3 is 2.72 bits per heavy atom. The van der Waals surface area contributed by atoms with Gasteiger partial charge in [0.25, 0.3) is 0 Å². The highest BCUT2D eigenvalue weighted by atomic mass is 16.4. The van der Waals surface area contributed by atoms with Gasteiger partial charge in [0, 0.05) is 36.0 Å². The van der Waals surface area contributed by atoms with E-state index in [-0.39, 0.29) is 24.1 Å². The zero-order valence-electron chi connectivity index (χ0n) is 16.1. The molecule has 2 aliphatic rings. The van der Waals surface area contributed by atoms with Gasteiger partial charge in [0.05, 0.1) is 30.0 Å². The van der Waals surface area contributed by atoms with Crippen LogP contribution >= 0.6 is 0 Å². The third kappa shape index (κ3) is 3.88. The molecule has 0 bridgehead atoms. The minimum Gasteiger partial charge on any atom is -0.543 e. The molecule has 0 saturated carbocycles. The van der Waals surface area contributed by atoms with Crippen molar-refractivity contribution < 1.29 is 19.8 Å². The maximum atomic E-state index is 11.8. The van der Waals surface area contributed by atoms with E-state index in [1.54, 1.807) is 12.4 Å². The first-order valence-corrected chi connectivity index (χ1v) is 9.88. The number of aromatic nitrogens is 3. The molecule has 4 rings (SSSR count). The fourth-order valence-electron chi connectivity index (χ4n) is 4.39. The predicted molar refractivity (Wildman–Crippen MR) is 102 cm³/mol. The van der Waals surface area contributed by atoms with Crippen LogP contribution in [0.5, 0.6) is 0 Å². The molecule has 0 radical (unpaired) electrons. The fourth-order valence-corrected chi connectivity index (χ4v) is 4.39. The number of carboxylic acids is 1. The van der Waals surface area contributed by atoms with Crippen molar-refractivity contribution >= 4 is 11.9 Å². The molecule has 3 N–H and O–H groups in total. The zero-order chi connectivity index (χ0) is 20.5. The number of hydrogen-bond donors (Lipinski definition) is 2. The summed E-state index contributed by atoms with van der Waals surface area (Å²) in [6, 6.07) is 1.84. The van der Waals surface area contributed by atoms with Crippen LogP contribution in [0.25, 0.3) is 11.3 Å². The number of amides is 1. The van der Waals surface area contributed by atoms with Crippen molar-refractivity contribution in [1.29, 1.82) is 0 Å². The van der Waals surface area contributed by atoms with E-state index in [4.69, 9.17) is 5.73 Å². The number of β-amino-alcohol motifs (C(OH)–C–C–N with tert-alkyl or cyclic N) is 1. The second-order valence-corrected chi connectivity index (χ2v) is 7.81. The highest BCUT2D eigenvalue weighted by Crippen LogP contribution is 2.34. The molecule has 154 valence electrons. The molecule has 9 nitrogen and oxygen atoms in total. The van der Waals surface area contributed by atoms with Gasteiger partial charge < -0.3 is 25.6 Å². The van der Waals surface area contributed by atoms with E-state index in [1.165, 1.54) is 4.68 Å². The standard InChI is InChI=1S/C20H25N5O4/c21-19(27)12-4-7-24(8-5-12)10-14(26)11-25-18(20(28)29)16-2-1-13-9-22-6-3-15(13)17(16)23-25/h3,6,9,12,14,26H,1-2,4-5,7-8,10-11H2,(H2,21,27)(H,28,29)/p-1. The van der Waals surface area contributed by atoms with E-state index in [0.29, 0.717) is 56.6 Å². The number of rotatable bonds is 6. The number of carbonyl (C=O) groups excluding carboxylic acids is 2. The number of nitrogens with two attached hydrogens (primary N) is 1. The van der Waals surface area contributed by atoms with Gasteiger partial charge in [-0.25, -0.2) is 0 Å². The largest absolute Gasteiger partial charge is 0.543 e. The van der Waals surface area contributed by atoms with Crippen LogP contribution in [-0.4, -0.2) is 62.4 Å². The molecule has 2 aromatic rings. The number of fused-ring (bicyclic) bond motifs is 3. The summed E-state index contributed by atoms with van der Waals surface area (Å²) in [5.41, 5.74) is 8.59.